The van der Waals surface area contributed by atoms with E-state index in [1.807, 2.05) is 78.2 Å². The van der Waals surface area contributed by atoms with Gasteiger partial charge in [0, 0.05) is 11.6 Å². The molecule has 3 aromatic carbocycles. The Hall–Kier alpha value is -4.39. The molecule has 2 aromatic heterocycles. The van der Waals surface area contributed by atoms with Crippen molar-refractivity contribution in [1.82, 2.24) is 19.9 Å². The summed E-state index contributed by atoms with van der Waals surface area (Å²) in [6, 6.07) is 25.6. The van der Waals surface area contributed by atoms with E-state index in [0.717, 1.165) is 29.7 Å². The number of anilines is 1. The van der Waals surface area contributed by atoms with Gasteiger partial charge >= 0.3 is 0 Å². The van der Waals surface area contributed by atoms with Gasteiger partial charge in [-0.3, -0.25) is 4.79 Å². The van der Waals surface area contributed by atoms with Gasteiger partial charge in [-0.15, -0.1) is 0 Å². The molecule has 0 saturated carbocycles. The number of rotatable bonds is 8. The van der Waals surface area contributed by atoms with Gasteiger partial charge in [-0.1, -0.05) is 60.7 Å². The van der Waals surface area contributed by atoms with Crippen LogP contribution in [0.15, 0.2) is 78.9 Å². The van der Waals surface area contributed by atoms with Crippen LogP contribution in [0.2, 0.25) is 0 Å². The van der Waals surface area contributed by atoms with E-state index in [4.69, 9.17) is 20.4 Å². The van der Waals surface area contributed by atoms with E-state index in [0.29, 0.717) is 34.6 Å². The van der Waals surface area contributed by atoms with Crippen LogP contribution in [0.5, 0.6) is 5.75 Å². The van der Waals surface area contributed by atoms with Crippen molar-refractivity contribution in [1.29, 1.82) is 0 Å². The zero-order valence-corrected chi connectivity index (χ0v) is 20.4. The van der Waals surface area contributed by atoms with Crippen LogP contribution >= 0.6 is 0 Å². The molecule has 3 N–H and O–H groups in total. The Morgan fingerprint density at radius 2 is 1.64 bits per heavy atom. The molecule has 7 nitrogen and oxygen atoms in total. The number of ether oxygens (including phenoxy) is 1. The summed E-state index contributed by atoms with van der Waals surface area (Å²) in [5, 5.41) is 3.12. The van der Waals surface area contributed by atoms with Crippen molar-refractivity contribution < 1.29 is 9.53 Å². The number of aromatic nitrogens is 3. The molecule has 0 spiro atoms. The van der Waals surface area contributed by atoms with Crippen LogP contribution in [0, 0.1) is 0 Å². The third kappa shape index (κ3) is 4.60. The monoisotopic (exact) mass is 479 g/mol. The predicted molar refractivity (Wildman–Crippen MR) is 143 cm³/mol. The average Bonchev–Trinajstić information content (AvgIpc) is 3.17. The minimum atomic E-state index is -0.249. The number of para-hydroxylation sites is 3. The maximum atomic E-state index is 13.5. The van der Waals surface area contributed by atoms with Crippen LogP contribution in [0.3, 0.4) is 0 Å². The summed E-state index contributed by atoms with van der Waals surface area (Å²) < 4.78 is 7.38. The van der Waals surface area contributed by atoms with E-state index in [2.05, 4.69) is 17.4 Å². The summed E-state index contributed by atoms with van der Waals surface area (Å²) >= 11 is 0. The molecular formula is C29H29N5O2. The Kier molecular flexibility index (Phi) is 6.54. The fourth-order valence-electron chi connectivity index (χ4n) is 4.50. The number of nitrogens with zero attached hydrogens (tertiary/aromatic N) is 3. The van der Waals surface area contributed by atoms with Gasteiger partial charge in [0.25, 0.3) is 5.91 Å². The zero-order valence-electron chi connectivity index (χ0n) is 20.4. The van der Waals surface area contributed by atoms with E-state index < -0.39 is 0 Å². The second-order valence-corrected chi connectivity index (χ2v) is 8.94. The lowest BCUT2D eigenvalue weighted by molar-refractivity contribution is 0.0940. The first kappa shape index (κ1) is 23.4. The number of nitrogen functional groups attached to an aromatic ring is 1. The van der Waals surface area contributed by atoms with E-state index in [1.54, 1.807) is 7.11 Å². The fourth-order valence-corrected chi connectivity index (χ4v) is 4.50. The second kappa shape index (κ2) is 10.1. The van der Waals surface area contributed by atoms with Crippen molar-refractivity contribution in [3.05, 3.63) is 95.6 Å². The number of nitrogens with two attached hydrogens (primary N) is 1. The van der Waals surface area contributed by atoms with E-state index in [1.165, 1.54) is 5.56 Å². The number of nitrogens with one attached hydrogen (secondary N) is 1. The van der Waals surface area contributed by atoms with Gasteiger partial charge < -0.3 is 20.4 Å². The molecule has 0 saturated heterocycles. The highest BCUT2D eigenvalue weighted by atomic mass is 16.5. The van der Waals surface area contributed by atoms with Crippen LogP contribution < -0.4 is 15.8 Å². The molecule has 5 aromatic rings. The topological polar surface area (TPSA) is 95.1 Å². The van der Waals surface area contributed by atoms with Crippen LogP contribution in [0.1, 0.15) is 34.8 Å². The minimum Gasteiger partial charge on any atom is -0.496 e. The Bertz CT molecular complexity index is 1530. The molecule has 0 bridgehead atoms. The third-order valence-electron chi connectivity index (χ3n) is 6.43. The number of aryl methyl sites for hydroxylation is 1. The molecule has 0 aliphatic heterocycles. The van der Waals surface area contributed by atoms with Crippen LogP contribution in [-0.2, 0) is 13.0 Å². The first-order valence-corrected chi connectivity index (χ1v) is 12.1. The maximum absolute atomic E-state index is 13.5. The lowest BCUT2D eigenvalue weighted by Gasteiger charge is -2.14. The predicted octanol–water partition coefficient (Wildman–Crippen LogP) is 4.97. The molecule has 7 heteroatoms. The first-order chi connectivity index (χ1) is 17.5. The van der Waals surface area contributed by atoms with Gasteiger partial charge in [-0.25, -0.2) is 9.97 Å². The second-order valence-electron chi connectivity index (χ2n) is 8.94. The highest BCUT2D eigenvalue weighted by molar-refractivity contribution is 6.10. The van der Waals surface area contributed by atoms with E-state index in [-0.39, 0.29) is 11.9 Å². The summed E-state index contributed by atoms with van der Waals surface area (Å²) in [5.41, 5.74) is 11.7. The summed E-state index contributed by atoms with van der Waals surface area (Å²) in [5.74, 6) is 0.827. The van der Waals surface area contributed by atoms with Gasteiger partial charge in [0.2, 0.25) is 0 Å². The largest absolute Gasteiger partial charge is 0.496 e. The number of carbonyl (C=O) groups excluding carboxylic acids is 1. The average molecular weight is 480 g/mol. The molecule has 1 atom stereocenters. The first-order valence-electron chi connectivity index (χ1n) is 12.1. The Balaban J connectivity index is 1.51. The van der Waals surface area contributed by atoms with Crippen molar-refractivity contribution in [2.45, 2.75) is 32.4 Å². The van der Waals surface area contributed by atoms with Crippen molar-refractivity contribution in [2.75, 3.05) is 12.8 Å². The van der Waals surface area contributed by atoms with Crippen molar-refractivity contribution in [3.63, 3.8) is 0 Å². The SMILES string of the molecule is COc1ccccc1Cn1c(N)c(C(=O)NC(C)CCc2ccccc2)c2nc3ccccc3nc21. The van der Waals surface area contributed by atoms with Crippen LogP contribution in [-0.4, -0.2) is 33.6 Å². The molecule has 0 aliphatic rings. The number of fused-ring (bicyclic) bond motifs is 2. The maximum Gasteiger partial charge on any atom is 0.257 e. The molecule has 182 valence electrons. The van der Waals surface area contributed by atoms with Crippen molar-refractivity contribution in [3.8, 4) is 5.75 Å². The molecule has 1 unspecified atom stereocenters. The lowest BCUT2D eigenvalue weighted by atomic mass is 10.1. The number of amides is 1. The molecule has 0 radical (unpaired) electrons. The van der Waals surface area contributed by atoms with E-state index >= 15 is 0 Å². The van der Waals surface area contributed by atoms with Crippen molar-refractivity contribution in [2.24, 2.45) is 0 Å². The van der Waals surface area contributed by atoms with Crippen LogP contribution in [0.4, 0.5) is 5.82 Å². The fraction of sp³-hybridized carbons (Fsp3) is 0.207. The third-order valence-corrected chi connectivity index (χ3v) is 6.43. The summed E-state index contributed by atoms with van der Waals surface area (Å²) in [6.07, 6.45) is 1.68. The van der Waals surface area contributed by atoms with E-state index in [9.17, 15) is 4.79 Å². The molecular weight excluding hydrogens is 450 g/mol. The molecule has 5 rings (SSSR count). The number of methoxy groups -OCH3 is 1. The zero-order chi connectivity index (χ0) is 25.1. The Morgan fingerprint density at radius 1 is 0.972 bits per heavy atom. The van der Waals surface area contributed by atoms with Gasteiger partial charge in [0.1, 0.15) is 22.6 Å². The summed E-state index contributed by atoms with van der Waals surface area (Å²) in [6.45, 7) is 2.41. The molecule has 1 amide bonds. The standard InChI is InChI=1S/C29H29N5O2/c1-19(16-17-20-10-4-3-5-11-20)31-29(35)25-26-28(33-23-14-8-7-13-22(23)32-26)34(27(25)30)18-21-12-6-9-15-24(21)36-2/h3-15,19H,16-18,30H2,1-2H3,(H,31,35). The Morgan fingerprint density at radius 3 is 2.39 bits per heavy atom. The van der Waals surface area contributed by atoms with Crippen molar-refractivity contribution >= 4 is 33.9 Å². The molecule has 0 fully saturated rings. The van der Waals surface area contributed by atoms with Gasteiger partial charge in [-0.05, 0) is 43.5 Å². The number of hydrogen-bond acceptors (Lipinski definition) is 5. The lowest BCUT2D eigenvalue weighted by Crippen LogP contribution is -2.33. The number of benzene rings is 3. The summed E-state index contributed by atoms with van der Waals surface area (Å²) in [4.78, 5) is 23.2. The molecule has 36 heavy (non-hydrogen) atoms. The highest BCUT2D eigenvalue weighted by Crippen LogP contribution is 2.30. The number of carbonyl (C=O) groups is 1. The van der Waals surface area contributed by atoms with Gasteiger partial charge in [0.05, 0.1) is 24.7 Å². The molecule has 0 aliphatic carbocycles. The summed E-state index contributed by atoms with van der Waals surface area (Å²) in [7, 11) is 1.64. The number of hydrogen-bond donors (Lipinski definition) is 2. The van der Waals surface area contributed by atoms with Gasteiger partial charge in [0.15, 0.2) is 5.65 Å². The smallest absolute Gasteiger partial charge is 0.257 e. The van der Waals surface area contributed by atoms with Gasteiger partial charge in [-0.2, -0.15) is 0 Å². The van der Waals surface area contributed by atoms with Crippen LogP contribution in [0.25, 0.3) is 22.2 Å². The highest BCUT2D eigenvalue weighted by Gasteiger charge is 2.25. The minimum absolute atomic E-state index is 0.0434. The Labute approximate surface area is 209 Å². The molecule has 2 heterocycles. The quantitative estimate of drug-likeness (QED) is 0.327. The normalized spacial score (nSPS) is 12.1.